The van der Waals surface area contributed by atoms with Gasteiger partial charge in [0, 0.05) is 26.2 Å². The van der Waals surface area contributed by atoms with Gasteiger partial charge < -0.3 is 14.4 Å². The summed E-state index contributed by atoms with van der Waals surface area (Å²) in [6.45, 7) is 1.39. The van der Waals surface area contributed by atoms with E-state index in [9.17, 15) is 13.2 Å². The lowest BCUT2D eigenvalue weighted by molar-refractivity contribution is -0.132. The van der Waals surface area contributed by atoms with Crippen LogP contribution in [-0.4, -0.2) is 63.4 Å². The summed E-state index contributed by atoms with van der Waals surface area (Å²) in [5.41, 5.74) is 0. The molecule has 114 valence electrons. The highest BCUT2D eigenvalue weighted by atomic mass is 32.2. The Morgan fingerprint density at radius 3 is 2.52 bits per heavy atom. The van der Waals surface area contributed by atoms with E-state index in [4.69, 9.17) is 9.47 Å². The molecule has 0 saturated carbocycles. The fourth-order valence-electron chi connectivity index (χ4n) is 2.28. The SMILES string of the molecule is CN1CCN(S(=O)(=O)c2ccc3c(c2)OCCO3)CC1=O. The van der Waals surface area contributed by atoms with Crippen LogP contribution in [0.3, 0.4) is 0 Å². The lowest BCUT2D eigenvalue weighted by Crippen LogP contribution is -2.50. The monoisotopic (exact) mass is 312 g/mol. The highest BCUT2D eigenvalue weighted by Gasteiger charge is 2.32. The number of fused-ring (bicyclic) bond motifs is 1. The molecule has 0 unspecified atom stereocenters. The molecule has 1 aromatic carbocycles. The topological polar surface area (TPSA) is 76.2 Å². The Balaban J connectivity index is 1.90. The summed E-state index contributed by atoms with van der Waals surface area (Å²) in [6, 6.07) is 4.51. The van der Waals surface area contributed by atoms with Crippen molar-refractivity contribution in [2.24, 2.45) is 0 Å². The van der Waals surface area contributed by atoms with Gasteiger partial charge in [0.05, 0.1) is 11.4 Å². The predicted molar refractivity (Wildman–Crippen MR) is 73.8 cm³/mol. The van der Waals surface area contributed by atoms with Crippen molar-refractivity contribution in [1.82, 2.24) is 9.21 Å². The van der Waals surface area contributed by atoms with Crippen molar-refractivity contribution < 1.29 is 22.7 Å². The zero-order valence-electron chi connectivity index (χ0n) is 11.6. The molecule has 0 bridgehead atoms. The van der Waals surface area contributed by atoms with Crippen molar-refractivity contribution >= 4 is 15.9 Å². The number of hydrogen-bond donors (Lipinski definition) is 0. The molecule has 1 fully saturated rings. The van der Waals surface area contributed by atoms with E-state index in [2.05, 4.69) is 0 Å². The molecule has 0 N–H and O–H groups in total. The zero-order chi connectivity index (χ0) is 15.0. The van der Waals surface area contributed by atoms with Gasteiger partial charge in [-0.15, -0.1) is 0 Å². The van der Waals surface area contributed by atoms with Gasteiger partial charge in [-0.05, 0) is 12.1 Å². The molecule has 0 atom stereocenters. The van der Waals surface area contributed by atoms with Crippen LogP contribution in [0.1, 0.15) is 0 Å². The molecule has 0 radical (unpaired) electrons. The van der Waals surface area contributed by atoms with E-state index in [1.807, 2.05) is 0 Å². The largest absolute Gasteiger partial charge is 0.486 e. The van der Waals surface area contributed by atoms with Crippen LogP contribution in [0.4, 0.5) is 0 Å². The molecule has 0 aliphatic carbocycles. The van der Waals surface area contributed by atoms with Crippen molar-refractivity contribution in [2.75, 3.05) is 39.9 Å². The third-order valence-electron chi connectivity index (χ3n) is 3.57. The van der Waals surface area contributed by atoms with Gasteiger partial charge >= 0.3 is 0 Å². The lowest BCUT2D eigenvalue weighted by Gasteiger charge is -2.31. The first-order valence-corrected chi connectivity index (χ1v) is 8.06. The maximum Gasteiger partial charge on any atom is 0.243 e. The van der Waals surface area contributed by atoms with Crippen LogP contribution in [0.15, 0.2) is 23.1 Å². The van der Waals surface area contributed by atoms with Crippen molar-refractivity contribution in [1.29, 1.82) is 0 Å². The number of piperazine rings is 1. The second kappa shape index (κ2) is 5.19. The Morgan fingerprint density at radius 1 is 1.10 bits per heavy atom. The van der Waals surface area contributed by atoms with E-state index >= 15 is 0 Å². The molecule has 3 rings (SSSR count). The third-order valence-corrected chi connectivity index (χ3v) is 5.41. The average molecular weight is 312 g/mol. The number of carbonyl (C=O) groups excluding carboxylic acids is 1. The first kappa shape index (κ1) is 14.2. The Kier molecular flexibility index (Phi) is 3.50. The number of likely N-dealkylation sites (N-methyl/N-ethyl adjacent to an activating group) is 1. The smallest absolute Gasteiger partial charge is 0.243 e. The summed E-state index contributed by atoms with van der Waals surface area (Å²) in [5.74, 6) is 0.750. The molecule has 1 amide bonds. The van der Waals surface area contributed by atoms with Crippen LogP contribution >= 0.6 is 0 Å². The number of nitrogens with zero attached hydrogens (tertiary/aromatic N) is 2. The van der Waals surface area contributed by atoms with Crippen LogP contribution in [0.5, 0.6) is 11.5 Å². The summed E-state index contributed by atoms with van der Waals surface area (Å²) >= 11 is 0. The van der Waals surface area contributed by atoms with Crippen LogP contribution in [-0.2, 0) is 14.8 Å². The van der Waals surface area contributed by atoms with Crippen LogP contribution in [0.2, 0.25) is 0 Å². The van der Waals surface area contributed by atoms with Gasteiger partial charge in [0.25, 0.3) is 0 Å². The predicted octanol–water partition coefficient (Wildman–Crippen LogP) is -0.0795. The highest BCUT2D eigenvalue weighted by Crippen LogP contribution is 2.33. The van der Waals surface area contributed by atoms with E-state index in [-0.39, 0.29) is 17.3 Å². The van der Waals surface area contributed by atoms with Gasteiger partial charge in [-0.1, -0.05) is 0 Å². The van der Waals surface area contributed by atoms with E-state index in [1.165, 1.54) is 21.3 Å². The number of amides is 1. The van der Waals surface area contributed by atoms with Crippen LogP contribution < -0.4 is 9.47 Å². The Bertz CT molecular complexity index is 673. The first-order chi connectivity index (χ1) is 9.98. The Hall–Kier alpha value is -1.80. The number of hydrogen-bond acceptors (Lipinski definition) is 5. The van der Waals surface area contributed by atoms with Crippen molar-refractivity contribution in [3.05, 3.63) is 18.2 Å². The molecule has 21 heavy (non-hydrogen) atoms. The molecule has 1 aromatic rings. The molecular formula is C13H16N2O5S. The zero-order valence-corrected chi connectivity index (χ0v) is 12.4. The third kappa shape index (κ3) is 2.56. The first-order valence-electron chi connectivity index (χ1n) is 6.62. The fourth-order valence-corrected chi connectivity index (χ4v) is 3.67. The molecule has 2 aliphatic heterocycles. The van der Waals surface area contributed by atoms with E-state index in [0.717, 1.165) is 0 Å². The quantitative estimate of drug-likeness (QED) is 0.763. The molecule has 2 heterocycles. The van der Waals surface area contributed by atoms with E-state index in [1.54, 1.807) is 13.1 Å². The minimum atomic E-state index is -3.70. The highest BCUT2D eigenvalue weighted by molar-refractivity contribution is 7.89. The summed E-state index contributed by atoms with van der Waals surface area (Å²) in [4.78, 5) is 13.3. The van der Waals surface area contributed by atoms with Crippen molar-refractivity contribution in [3.63, 3.8) is 0 Å². The number of sulfonamides is 1. The molecule has 8 heteroatoms. The van der Waals surface area contributed by atoms with Gasteiger partial charge in [0.2, 0.25) is 15.9 Å². The van der Waals surface area contributed by atoms with Gasteiger partial charge in [0.15, 0.2) is 11.5 Å². The summed E-state index contributed by atoms with van der Waals surface area (Å²) in [7, 11) is -2.04. The second-order valence-electron chi connectivity index (χ2n) is 4.96. The molecule has 7 nitrogen and oxygen atoms in total. The molecular weight excluding hydrogens is 296 g/mol. The van der Waals surface area contributed by atoms with E-state index < -0.39 is 10.0 Å². The summed E-state index contributed by atoms with van der Waals surface area (Å²) in [6.07, 6.45) is 0. The summed E-state index contributed by atoms with van der Waals surface area (Å²) in [5, 5.41) is 0. The molecule has 2 aliphatic rings. The molecule has 1 saturated heterocycles. The van der Waals surface area contributed by atoms with Crippen molar-refractivity contribution in [3.8, 4) is 11.5 Å². The maximum atomic E-state index is 12.6. The second-order valence-corrected chi connectivity index (χ2v) is 6.90. The van der Waals surface area contributed by atoms with E-state index in [0.29, 0.717) is 37.8 Å². The normalized spacial score (nSPS) is 19.7. The Morgan fingerprint density at radius 2 is 1.81 bits per heavy atom. The summed E-state index contributed by atoms with van der Waals surface area (Å²) < 4.78 is 37.1. The molecule has 0 aromatic heterocycles. The number of carbonyl (C=O) groups is 1. The van der Waals surface area contributed by atoms with Crippen LogP contribution in [0.25, 0.3) is 0 Å². The lowest BCUT2D eigenvalue weighted by atomic mass is 10.3. The Labute approximate surface area is 123 Å². The minimum Gasteiger partial charge on any atom is -0.486 e. The standard InChI is InChI=1S/C13H16N2O5S/c1-14-4-5-15(9-13(14)16)21(17,18)10-2-3-11-12(8-10)20-7-6-19-11/h2-3,8H,4-7,9H2,1H3. The van der Waals surface area contributed by atoms with Crippen LogP contribution in [0, 0.1) is 0 Å². The number of benzene rings is 1. The van der Waals surface area contributed by atoms with Gasteiger partial charge in [-0.2, -0.15) is 4.31 Å². The average Bonchev–Trinajstić information content (AvgIpc) is 2.49. The van der Waals surface area contributed by atoms with Gasteiger partial charge in [0.1, 0.15) is 13.2 Å². The maximum absolute atomic E-state index is 12.6. The number of ether oxygens (including phenoxy) is 2. The minimum absolute atomic E-state index is 0.115. The van der Waals surface area contributed by atoms with Gasteiger partial charge in [-0.3, -0.25) is 4.79 Å². The van der Waals surface area contributed by atoms with Gasteiger partial charge in [-0.25, -0.2) is 8.42 Å². The fraction of sp³-hybridized carbons (Fsp3) is 0.462. The molecule has 0 spiro atoms. The number of rotatable bonds is 2. The van der Waals surface area contributed by atoms with Crippen molar-refractivity contribution in [2.45, 2.75) is 4.90 Å².